The van der Waals surface area contributed by atoms with Gasteiger partial charge in [-0.15, -0.1) is 0 Å². The van der Waals surface area contributed by atoms with Crippen molar-refractivity contribution in [2.75, 3.05) is 26.4 Å². The van der Waals surface area contributed by atoms with Crippen molar-refractivity contribution in [3.8, 4) is 11.5 Å². The number of hydrogen-bond acceptors (Lipinski definition) is 4. The molecule has 3 N–H and O–H groups in total. The standard InChI is InChI=1S/C13H21NO3/c14-7-10-17-13-6-4-5-12(11-13)16-9-3-1-2-8-15/h4-6,11,15H,1-3,7-10,14H2. The molecule has 0 fully saturated rings. The molecule has 17 heavy (non-hydrogen) atoms. The number of nitrogens with two attached hydrogens (primary N) is 1. The van der Waals surface area contributed by atoms with Crippen LogP contribution in [0.25, 0.3) is 0 Å². The van der Waals surface area contributed by atoms with E-state index in [2.05, 4.69) is 0 Å². The Kier molecular flexibility index (Phi) is 7.18. The summed E-state index contributed by atoms with van der Waals surface area (Å²) in [5, 5.41) is 8.63. The van der Waals surface area contributed by atoms with Crippen LogP contribution in [-0.4, -0.2) is 31.5 Å². The van der Waals surface area contributed by atoms with Gasteiger partial charge in [0.05, 0.1) is 6.61 Å². The van der Waals surface area contributed by atoms with Crippen LogP contribution in [0.5, 0.6) is 11.5 Å². The van der Waals surface area contributed by atoms with Crippen molar-refractivity contribution in [3.63, 3.8) is 0 Å². The van der Waals surface area contributed by atoms with Gasteiger partial charge in [-0.3, -0.25) is 0 Å². The Morgan fingerprint density at radius 1 is 1.00 bits per heavy atom. The third kappa shape index (κ3) is 6.14. The Hall–Kier alpha value is -1.26. The smallest absolute Gasteiger partial charge is 0.123 e. The lowest BCUT2D eigenvalue weighted by atomic mass is 10.2. The summed E-state index contributed by atoms with van der Waals surface area (Å²) in [4.78, 5) is 0. The quantitative estimate of drug-likeness (QED) is 0.642. The zero-order valence-corrected chi connectivity index (χ0v) is 10.1. The molecule has 0 aliphatic rings. The molecule has 0 aromatic heterocycles. The van der Waals surface area contributed by atoms with E-state index in [-0.39, 0.29) is 6.61 Å². The normalized spacial score (nSPS) is 10.2. The lowest BCUT2D eigenvalue weighted by Crippen LogP contribution is -2.10. The largest absolute Gasteiger partial charge is 0.493 e. The van der Waals surface area contributed by atoms with Gasteiger partial charge in [0.25, 0.3) is 0 Å². The zero-order valence-electron chi connectivity index (χ0n) is 10.1. The summed E-state index contributed by atoms with van der Waals surface area (Å²) in [6.45, 7) is 1.94. The molecule has 0 saturated heterocycles. The molecule has 1 aromatic carbocycles. The van der Waals surface area contributed by atoms with Crippen molar-refractivity contribution < 1.29 is 14.6 Å². The Morgan fingerprint density at radius 2 is 1.71 bits per heavy atom. The first-order valence-electron chi connectivity index (χ1n) is 6.03. The van der Waals surface area contributed by atoms with Crippen molar-refractivity contribution in [1.82, 2.24) is 0 Å². The first-order chi connectivity index (χ1) is 8.36. The van der Waals surface area contributed by atoms with Crippen molar-refractivity contribution in [3.05, 3.63) is 24.3 Å². The number of aliphatic hydroxyl groups excluding tert-OH is 1. The Morgan fingerprint density at radius 3 is 2.35 bits per heavy atom. The first kappa shape index (κ1) is 13.8. The van der Waals surface area contributed by atoms with Crippen LogP contribution in [-0.2, 0) is 0 Å². The van der Waals surface area contributed by atoms with Crippen molar-refractivity contribution in [1.29, 1.82) is 0 Å². The van der Waals surface area contributed by atoms with E-state index < -0.39 is 0 Å². The van der Waals surface area contributed by atoms with E-state index in [1.165, 1.54) is 0 Å². The molecule has 0 atom stereocenters. The van der Waals surface area contributed by atoms with Crippen LogP contribution >= 0.6 is 0 Å². The highest BCUT2D eigenvalue weighted by Crippen LogP contribution is 2.19. The van der Waals surface area contributed by atoms with Gasteiger partial charge in [0.1, 0.15) is 18.1 Å². The molecule has 1 aromatic rings. The fraction of sp³-hybridized carbons (Fsp3) is 0.538. The maximum Gasteiger partial charge on any atom is 0.123 e. The van der Waals surface area contributed by atoms with Crippen molar-refractivity contribution in [2.24, 2.45) is 5.73 Å². The average molecular weight is 239 g/mol. The van der Waals surface area contributed by atoms with Crippen molar-refractivity contribution >= 4 is 0 Å². The zero-order chi connectivity index (χ0) is 12.3. The molecule has 0 spiro atoms. The molecule has 0 saturated carbocycles. The van der Waals surface area contributed by atoms with Crippen LogP contribution in [0.3, 0.4) is 0 Å². The molecule has 0 unspecified atom stereocenters. The molecule has 0 bridgehead atoms. The van der Waals surface area contributed by atoms with Gasteiger partial charge in [0.2, 0.25) is 0 Å². The highest BCUT2D eigenvalue weighted by atomic mass is 16.5. The van der Waals surface area contributed by atoms with E-state index in [0.29, 0.717) is 19.8 Å². The lowest BCUT2D eigenvalue weighted by Gasteiger charge is -2.08. The highest BCUT2D eigenvalue weighted by Gasteiger charge is 1.97. The minimum atomic E-state index is 0.252. The fourth-order valence-electron chi connectivity index (χ4n) is 1.41. The third-order valence-electron chi connectivity index (χ3n) is 2.26. The minimum Gasteiger partial charge on any atom is -0.493 e. The molecular weight excluding hydrogens is 218 g/mol. The highest BCUT2D eigenvalue weighted by molar-refractivity contribution is 5.32. The van der Waals surface area contributed by atoms with Gasteiger partial charge in [-0.2, -0.15) is 0 Å². The number of ether oxygens (including phenoxy) is 2. The minimum absolute atomic E-state index is 0.252. The fourth-order valence-corrected chi connectivity index (χ4v) is 1.41. The lowest BCUT2D eigenvalue weighted by molar-refractivity contribution is 0.265. The van der Waals surface area contributed by atoms with Crippen LogP contribution in [0, 0.1) is 0 Å². The Balaban J connectivity index is 2.27. The average Bonchev–Trinajstić information content (AvgIpc) is 2.37. The molecule has 4 nitrogen and oxygen atoms in total. The maximum atomic E-state index is 8.63. The van der Waals surface area contributed by atoms with Gasteiger partial charge in [-0.1, -0.05) is 6.07 Å². The van der Waals surface area contributed by atoms with Crippen LogP contribution in [0.4, 0.5) is 0 Å². The summed E-state index contributed by atoms with van der Waals surface area (Å²) in [6.07, 6.45) is 2.78. The molecule has 96 valence electrons. The van der Waals surface area contributed by atoms with E-state index in [0.717, 1.165) is 30.8 Å². The number of aliphatic hydroxyl groups is 1. The molecular formula is C13H21NO3. The van der Waals surface area contributed by atoms with Crippen LogP contribution in [0.15, 0.2) is 24.3 Å². The van der Waals surface area contributed by atoms with E-state index in [9.17, 15) is 0 Å². The van der Waals surface area contributed by atoms with E-state index >= 15 is 0 Å². The van der Waals surface area contributed by atoms with Crippen LogP contribution in [0.1, 0.15) is 19.3 Å². The SMILES string of the molecule is NCCOc1cccc(OCCCCCO)c1. The van der Waals surface area contributed by atoms with Gasteiger partial charge in [0.15, 0.2) is 0 Å². The molecule has 0 heterocycles. The second kappa shape index (κ2) is 8.84. The summed E-state index contributed by atoms with van der Waals surface area (Å²) in [7, 11) is 0. The number of rotatable bonds is 9. The predicted octanol–water partition coefficient (Wildman–Crippen LogP) is 1.57. The van der Waals surface area contributed by atoms with E-state index in [4.69, 9.17) is 20.3 Å². The molecule has 0 aliphatic heterocycles. The topological polar surface area (TPSA) is 64.7 Å². The van der Waals surface area contributed by atoms with E-state index in [1.807, 2.05) is 24.3 Å². The monoisotopic (exact) mass is 239 g/mol. The Bertz CT molecular complexity index is 304. The number of hydrogen-bond donors (Lipinski definition) is 2. The van der Waals surface area contributed by atoms with Crippen molar-refractivity contribution in [2.45, 2.75) is 19.3 Å². The molecule has 1 rings (SSSR count). The van der Waals surface area contributed by atoms with Gasteiger partial charge >= 0.3 is 0 Å². The molecule has 0 aliphatic carbocycles. The van der Waals surface area contributed by atoms with Gasteiger partial charge in [0, 0.05) is 19.2 Å². The Labute approximate surface area is 102 Å². The van der Waals surface area contributed by atoms with Gasteiger partial charge in [-0.05, 0) is 31.4 Å². The second-order valence-corrected chi connectivity index (χ2v) is 3.74. The summed E-state index contributed by atoms with van der Waals surface area (Å²) in [5.74, 6) is 1.59. The summed E-state index contributed by atoms with van der Waals surface area (Å²) in [6, 6.07) is 7.55. The third-order valence-corrected chi connectivity index (χ3v) is 2.26. The molecule has 0 radical (unpaired) electrons. The molecule has 0 amide bonds. The number of benzene rings is 1. The van der Waals surface area contributed by atoms with Gasteiger partial charge < -0.3 is 20.3 Å². The second-order valence-electron chi connectivity index (χ2n) is 3.74. The predicted molar refractivity (Wildman–Crippen MR) is 67.4 cm³/mol. The number of unbranched alkanes of at least 4 members (excludes halogenated alkanes) is 2. The van der Waals surface area contributed by atoms with E-state index in [1.54, 1.807) is 0 Å². The first-order valence-corrected chi connectivity index (χ1v) is 6.03. The summed E-state index contributed by atoms with van der Waals surface area (Å²) >= 11 is 0. The maximum absolute atomic E-state index is 8.63. The summed E-state index contributed by atoms with van der Waals surface area (Å²) in [5.41, 5.74) is 5.36. The van der Waals surface area contributed by atoms with Gasteiger partial charge in [-0.25, -0.2) is 0 Å². The van der Waals surface area contributed by atoms with Crippen LogP contribution < -0.4 is 15.2 Å². The summed E-state index contributed by atoms with van der Waals surface area (Å²) < 4.78 is 11.0. The molecule has 4 heteroatoms. The van der Waals surface area contributed by atoms with Crippen LogP contribution in [0.2, 0.25) is 0 Å².